The lowest BCUT2D eigenvalue weighted by Crippen LogP contribution is -2.61. The van der Waals surface area contributed by atoms with Gasteiger partial charge in [0.25, 0.3) is 0 Å². The second-order valence-electron chi connectivity index (χ2n) is 14.2. The number of esters is 1. The van der Waals surface area contributed by atoms with Crippen LogP contribution in [0.2, 0.25) is 0 Å². The minimum absolute atomic E-state index is 0.156. The summed E-state index contributed by atoms with van der Waals surface area (Å²) in [5.41, 5.74) is 0.469. The van der Waals surface area contributed by atoms with Crippen LogP contribution in [0.25, 0.3) is 10.9 Å². The zero-order valence-corrected chi connectivity index (χ0v) is 28.9. The van der Waals surface area contributed by atoms with Crippen LogP contribution in [-0.2, 0) is 42.3 Å². The van der Waals surface area contributed by atoms with Crippen molar-refractivity contribution >= 4 is 34.8 Å². The van der Waals surface area contributed by atoms with E-state index >= 15 is 0 Å². The number of piperidine rings is 1. The number of hydrogen-bond acceptors (Lipinski definition) is 6. The van der Waals surface area contributed by atoms with E-state index in [2.05, 4.69) is 15.6 Å². The van der Waals surface area contributed by atoms with Gasteiger partial charge in [0, 0.05) is 36.6 Å². The van der Waals surface area contributed by atoms with Crippen LogP contribution >= 0.6 is 0 Å². The van der Waals surface area contributed by atoms with Crippen LogP contribution in [0.15, 0.2) is 91.1 Å². The van der Waals surface area contributed by atoms with E-state index in [4.69, 9.17) is 9.47 Å². The molecule has 4 aromatic rings. The van der Waals surface area contributed by atoms with Gasteiger partial charge in [0.2, 0.25) is 11.8 Å². The molecule has 1 unspecified atom stereocenters. The molecule has 3 N–H and O–H groups in total. The number of carbonyl (C=O) groups is 4. The van der Waals surface area contributed by atoms with E-state index in [-0.39, 0.29) is 38.0 Å². The molecule has 1 atom stereocenters. The van der Waals surface area contributed by atoms with E-state index in [0.29, 0.717) is 12.8 Å². The third-order valence-corrected chi connectivity index (χ3v) is 8.94. The van der Waals surface area contributed by atoms with Crippen molar-refractivity contribution in [2.75, 3.05) is 13.1 Å². The van der Waals surface area contributed by atoms with Crippen LogP contribution in [0.4, 0.5) is 4.79 Å². The molecule has 1 saturated heterocycles. The first kappa shape index (κ1) is 35.2. The van der Waals surface area contributed by atoms with Gasteiger partial charge in [-0.2, -0.15) is 0 Å². The van der Waals surface area contributed by atoms with Crippen LogP contribution in [0.5, 0.6) is 0 Å². The number of aromatic amines is 1. The highest BCUT2D eigenvalue weighted by atomic mass is 16.6. The third kappa shape index (κ3) is 8.49. The molecule has 2 heterocycles. The van der Waals surface area contributed by atoms with E-state index < -0.39 is 34.6 Å². The Kier molecular flexibility index (Phi) is 10.5. The molecule has 258 valence electrons. The molecule has 0 saturated carbocycles. The highest BCUT2D eigenvalue weighted by Crippen LogP contribution is 2.37. The predicted octanol–water partition coefficient (Wildman–Crippen LogP) is 5.80. The Morgan fingerprint density at radius 3 is 2.12 bits per heavy atom. The summed E-state index contributed by atoms with van der Waals surface area (Å²) >= 11 is 0. The lowest BCUT2D eigenvalue weighted by Gasteiger charge is -2.41. The quantitative estimate of drug-likeness (QED) is 0.184. The number of amides is 3. The van der Waals surface area contributed by atoms with Gasteiger partial charge in [-0.05, 0) is 70.2 Å². The lowest BCUT2D eigenvalue weighted by molar-refractivity contribution is -0.156. The lowest BCUT2D eigenvalue weighted by atomic mass is 9.72. The van der Waals surface area contributed by atoms with E-state index in [9.17, 15) is 19.2 Å². The van der Waals surface area contributed by atoms with Crippen molar-refractivity contribution in [1.82, 2.24) is 20.5 Å². The predicted molar refractivity (Wildman–Crippen MR) is 188 cm³/mol. The summed E-state index contributed by atoms with van der Waals surface area (Å²) in [6.07, 6.45) is 2.04. The topological polar surface area (TPSA) is 130 Å². The Hall–Kier alpha value is -5.12. The van der Waals surface area contributed by atoms with Gasteiger partial charge in [0.05, 0.1) is 5.41 Å². The standard InChI is InChI=1S/C39H46N4O6/c1-37(2,3)49-36(47)42-38(4,5)34(45)41-32(24-28-25-40-31-19-13-12-18-30(28)31)33(44)43-22-20-39(21-23-43,29-16-10-7-11-17-29)35(46)48-26-27-14-8-6-9-15-27/h6-19,25,32,40H,20-24,26H2,1-5H3,(H,41,45)(H,42,47). The minimum atomic E-state index is -1.38. The summed E-state index contributed by atoms with van der Waals surface area (Å²) in [5, 5.41) is 6.52. The molecular weight excluding hydrogens is 620 g/mol. The van der Waals surface area contributed by atoms with Crippen LogP contribution in [0.1, 0.15) is 64.2 Å². The van der Waals surface area contributed by atoms with Gasteiger partial charge in [-0.1, -0.05) is 78.9 Å². The average Bonchev–Trinajstić information content (AvgIpc) is 3.49. The number of aromatic nitrogens is 1. The number of nitrogens with one attached hydrogen (secondary N) is 3. The fraction of sp³-hybridized carbons (Fsp3) is 0.385. The summed E-state index contributed by atoms with van der Waals surface area (Å²) < 4.78 is 11.3. The molecule has 3 amide bonds. The maximum atomic E-state index is 14.3. The second-order valence-corrected chi connectivity index (χ2v) is 14.2. The smallest absolute Gasteiger partial charge is 0.408 e. The maximum Gasteiger partial charge on any atom is 0.408 e. The number of para-hydroxylation sites is 1. The zero-order valence-electron chi connectivity index (χ0n) is 28.9. The molecule has 3 aromatic carbocycles. The molecule has 49 heavy (non-hydrogen) atoms. The normalized spacial score (nSPS) is 15.2. The number of carbonyl (C=O) groups excluding carboxylic acids is 4. The molecule has 10 nitrogen and oxygen atoms in total. The number of H-pyrrole nitrogens is 1. The Bertz CT molecular complexity index is 1770. The number of nitrogens with zero attached hydrogens (tertiary/aromatic N) is 1. The van der Waals surface area contributed by atoms with E-state index in [1.165, 1.54) is 0 Å². The van der Waals surface area contributed by atoms with Crippen molar-refractivity contribution in [3.8, 4) is 0 Å². The van der Waals surface area contributed by atoms with Crippen molar-refractivity contribution < 1.29 is 28.7 Å². The molecule has 0 spiro atoms. The van der Waals surface area contributed by atoms with Crippen LogP contribution < -0.4 is 10.6 Å². The summed E-state index contributed by atoms with van der Waals surface area (Å²) in [5.74, 6) is -1.13. The largest absolute Gasteiger partial charge is 0.460 e. The molecule has 5 rings (SSSR count). The van der Waals surface area contributed by atoms with Gasteiger partial charge < -0.3 is 30.0 Å². The number of rotatable bonds is 10. The van der Waals surface area contributed by atoms with Gasteiger partial charge in [0.1, 0.15) is 23.8 Å². The summed E-state index contributed by atoms with van der Waals surface area (Å²) in [7, 11) is 0. The van der Waals surface area contributed by atoms with Gasteiger partial charge in [0.15, 0.2) is 0 Å². The van der Waals surface area contributed by atoms with Gasteiger partial charge >= 0.3 is 12.1 Å². The Morgan fingerprint density at radius 2 is 1.47 bits per heavy atom. The van der Waals surface area contributed by atoms with Crippen molar-refractivity contribution in [3.63, 3.8) is 0 Å². The number of likely N-dealkylation sites (tertiary alicyclic amines) is 1. The highest BCUT2D eigenvalue weighted by molar-refractivity contribution is 5.94. The maximum absolute atomic E-state index is 14.3. The Morgan fingerprint density at radius 1 is 0.857 bits per heavy atom. The second kappa shape index (κ2) is 14.6. The molecule has 1 aliphatic heterocycles. The van der Waals surface area contributed by atoms with Crippen LogP contribution in [0, 0.1) is 0 Å². The fourth-order valence-electron chi connectivity index (χ4n) is 6.23. The highest BCUT2D eigenvalue weighted by Gasteiger charge is 2.46. The minimum Gasteiger partial charge on any atom is -0.460 e. The molecule has 10 heteroatoms. The first-order valence-corrected chi connectivity index (χ1v) is 16.7. The third-order valence-electron chi connectivity index (χ3n) is 8.94. The van der Waals surface area contributed by atoms with E-state index in [0.717, 1.165) is 27.6 Å². The Balaban J connectivity index is 1.36. The van der Waals surface area contributed by atoms with Gasteiger partial charge in [-0.25, -0.2) is 4.79 Å². The number of fused-ring (bicyclic) bond motifs is 1. The fourth-order valence-corrected chi connectivity index (χ4v) is 6.23. The van der Waals surface area contributed by atoms with Gasteiger partial charge in [-0.15, -0.1) is 0 Å². The van der Waals surface area contributed by atoms with Crippen LogP contribution in [0.3, 0.4) is 0 Å². The van der Waals surface area contributed by atoms with E-state index in [1.807, 2.05) is 91.1 Å². The van der Waals surface area contributed by atoms with Crippen molar-refractivity contribution in [2.45, 2.75) is 83.1 Å². The number of benzene rings is 3. The van der Waals surface area contributed by atoms with Crippen LogP contribution in [-0.4, -0.2) is 64.0 Å². The summed E-state index contributed by atoms with van der Waals surface area (Å²) in [4.78, 5) is 59.4. The zero-order chi connectivity index (χ0) is 35.2. The Labute approximate surface area is 287 Å². The van der Waals surface area contributed by atoms with Gasteiger partial charge in [-0.3, -0.25) is 14.4 Å². The first-order chi connectivity index (χ1) is 23.3. The molecule has 0 bridgehead atoms. The molecule has 1 aliphatic rings. The van der Waals surface area contributed by atoms with Crippen molar-refractivity contribution in [2.24, 2.45) is 0 Å². The number of ether oxygens (including phenoxy) is 2. The molecule has 1 fully saturated rings. The molecular formula is C39H46N4O6. The molecule has 0 aliphatic carbocycles. The summed E-state index contributed by atoms with van der Waals surface area (Å²) in [6, 6.07) is 25.9. The summed E-state index contributed by atoms with van der Waals surface area (Å²) in [6.45, 7) is 9.08. The van der Waals surface area contributed by atoms with Crippen molar-refractivity contribution in [3.05, 3.63) is 108 Å². The number of hydrogen-bond donors (Lipinski definition) is 3. The first-order valence-electron chi connectivity index (χ1n) is 16.7. The molecule has 1 aromatic heterocycles. The molecule has 0 radical (unpaired) electrons. The van der Waals surface area contributed by atoms with Crippen molar-refractivity contribution in [1.29, 1.82) is 0 Å². The number of alkyl carbamates (subject to hydrolysis) is 1. The van der Waals surface area contributed by atoms with E-state index in [1.54, 1.807) is 39.5 Å². The SMILES string of the molecule is CC(C)(C)OC(=O)NC(C)(C)C(=O)NC(Cc1c[nH]c2ccccc12)C(=O)N1CCC(C(=O)OCc2ccccc2)(c2ccccc2)CC1. The average molecular weight is 667 g/mol. The monoisotopic (exact) mass is 666 g/mol.